The molecule has 0 saturated heterocycles. The van der Waals surface area contributed by atoms with E-state index in [0.29, 0.717) is 18.6 Å². The number of hydrogen-bond donors (Lipinski definition) is 2. The lowest BCUT2D eigenvalue weighted by atomic mass is 10.0. The summed E-state index contributed by atoms with van der Waals surface area (Å²) in [5.74, 6) is -0.375. The molecule has 0 spiro atoms. The lowest BCUT2D eigenvalue weighted by Gasteiger charge is -2.10. The third-order valence-electron chi connectivity index (χ3n) is 4.86. The van der Waals surface area contributed by atoms with Gasteiger partial charge in [-0.15, -0.1) is 11.3 Å². The van der Waals surface area contributed by atoms with Crippen molar-refractivity contribution >= 4 is 39.0 Å². The quantitative estimate of drug-likeness (QED) is 0.442. The van der Waals surface area contributed by atoms with E-state index in [9.17, 15) is 14.7 Å². The van der Waals surface area contributed by atoms with Gasteiger partial charge in [-0.05, 0) is 58.6 Å². The van der Waals surface area contributed by atoms with E-state index < -0.39 is 5.97 Å². The summed E-state index contributed by atoms with van der Waals surface area (Å²) in [6.07, 6.45) is 4.21. The third kappa shape index (κ3) is 5.15. The second-order valence-electron chi connectivity index (χ2n) is 6.99. The summed E-state index contributed by atoms with van der Waals surface area (Å²) < 4.78 is 6.55. The number of methoxy groups -OCH3 is 1. The largest absolute Gasteiger partial charge is 0.496 e. The normalized spacial score (nSPS) is 10.8. The van der Waals surface area contributed by atoms with Gasteiger partial charge in [0.25, 0.3) is 0 Å². The lowest BCUT2D eigenvalue weighted by molar-refractivity contribution is -0.116. The van der Waals surface area contributed by atoms with Gasteiger partial charge < -0.3 is 15.2 Å². The van der Waals surface area contributed by atoms with E-state index in [-0.39, 0.29) is 11.5 Å². The number of fused-ring (bicyclic) bond motifs is 1. The average molecular weight is 412 g/mol. The van der Waals surface area contributed by atoms with Crippen molar-refractivity contribution in [1.29, 1.82) is 0 Å². The van der Waals surface area contributed by atoms with Gasteiger partial charge in [0.2, 0.25) is 5.91 Å². The van der Waals surface area contributed by atoms with Crippen molar-refractivity contribution in [3.8, 4) is 5.75 Å². The van der Waals surface area contributed by atoms with Crippen molar-refractivity contribution < 1.29 is 19.4 Å². The molecule has 0 bridgehead atoms. The van der Waals surface area contributed by atoms with E-state index >= 15 is 0 Å². The van der Waals surface area contributed by atoms with Gasteiger partial charge in [0.1, 0.15) is 5.75 Å². The monoisotopic (exact) mass is 411 g/mol. The van der Waals surface area contributed by atoms with Crippen LogP contribution in [0.4, 0.5) is 5.69 Å². The Morgan fingerprint density at radius 3 is 2.66 bits per heavy atom. The maximum atomic E-state index is 12.1. The molecule has 0 aliphatic carbocycles. The Labute approximate surface area is 174 Å². The predicted molar refractivity (Wildman–Crippen MR) is 117 cm³/mol. The molecule has 1 amide bonds. The fourth-order valence-corrected chi connectivity index (χ4v) is 4.23. The number of rotatable bonds is 9. The van der Waals surface area contributed by atoms with Gasteiger partial charge >= 0.3 is 5.97 Å². The van der Waals surface area contributed by atoms with Gasteiger partial charge in [0, 0.05) is 23.2 Å². The Balaban J connectivity index is 1.82. The highest BCUT2D eigenvalue weighted by Gasteiger charge is 2.13. The number of benzene rings is 2. The van der Waals surface area contributed by atoms with E-state index in [1.54, 1.807) is 36.6 Å². The Morgan fingerprint density at radius 2 is 1.93 bits per heavy atom. The number of carboxylic acid groups (broad SMARTS) is 1. The van der Waals surface area contributed by atoms with Crippen LogP contribution in [0.3, 0.4) is 0 Å². The molecule has 0 aliphatic rings. The molecule has 0 aliphatic heterocycles. The minimum Gasteiger partial charge on any atom is -0.496 e. The maximum absolute atomic E-state index is 12.1. The summed E-state index contributed by atoms with van der Waals surface area (Å²) in [4.78, 5) is 23.3. The standard InChI is InChI=1S/C23H25NO4S/c1-3-4-5-6-22(25)24-18-9-10-21-19(13-18)17(14-29-21)11-15-7-8-16(23(26)27)12-20(15)28-2/h7-10,12-14H,3-6,11H2,1-2H3,(H,24,25)(H,26,27). The third-order valence-corrected chi connectivity index (χ3v) is 5.87. The first kappa shape index (κ1) is 20.9. The lowest BCUT2D eigenvalue weighted by Crippen LogP contribution is -2.10. The molecular weight excluding hydrogens is 386 g/mol. The first-order valence-corrected chi connectivity index (χ1v) is 10.6. The summed E-state index contributed by atoms with van der Waals surface area (Å²) in [5.41, 5.74) is 3.04. The molecule has 6 heteroatoms. The predicted octanol–water partition coefficient (Wildman–Crippen LogP) is 5.72. The molecule has 0 unspecified atom stereocenters. The summed E-state index contributed by atoms with van der Waals surface area (Å²) in [6.45, 7) is 2.12. The number of carbonyl (C=O) groups is 2. The number of carbonyl (C=O) groups excluding carboxylic acids is 1. The zero-order valence-electron chi connectivity index (χ0n) is 16.7. The zero-order valence-corrected chi connectivity index (χ0v) is 17.5. The van der Waals surface area contributed by atoms with Crippen LogP contribution in [0.25, 0.3) is 10.1 Å². The van der Waals surface area contributed by atoms with Crippen LogP contribution in [-0.2, 0) is 11.2 Å². The molecule has 1 aromatic heterocycles. The number of amides is 1. The minimum atomic E-state index is -0.977. The Hall–Kier alpha value is -2.86. The molecule has 5 nitrogen and oxygen atoms in total. The van der Waals surface area contributed by atoms with Crippen molar-refractivity contribution in [2.45, 2.75) is 39.0 Å². The number of nitrogens with one attached hydrogen (secondary N) is 1. The van der Waals surface area contributed by atoms with Crippen molar-refractivity contribution in [3.63, 3.8) is 0 Å². The van der Waals surface area contributed by atoms with Gasteiger partial charge in [0.15, 0.2) is 0 Å². The highest BCUT2D eigenvalue weighted by Crippen LogP contribution is 2.32. The van der Waals surface area contributed by atoms with Crippen LogP contribution < -0.4 is 10.1 Å². The fraction of sp³-hybridized carbons (Fsp3) is 0.304. The van der Waals surface area contributed by atoms with Crippen LogP contribution in [-0.4, -0.2) is 24.1 Å². The van der Waals surface area contributed by atoms with E-state index in [1.807, 2.05) is 18.2 Å². The number of unbranched alkanes of at least 4 members (excludes halogenated alkanes) is 2. The molecule has 152 valence electrons. The number of carboxylic acids is 1. The van der Waals surface area contributed by atoms with E-state index in [0.717, 1.165) is 46.2 Å². The number of thiophene rings is 1. The summed E-state index contributed by atoms with van der Waals surface area (Å²) in [6, 6.07) is 10.9. The number of aromatic carboxylic acids is 1. The van der Waals surface area contributed by atoms with Gasteiger partial charge in [0.05, 0.1) is 12.7 Å². The van der Waals surface area contributed by atoms with Crippen molar-refractivity contribution in [1.82, 2.24) is 0 Å². The minimum absolute atomic E-state index is 0.0421. The van der Waals surface area contributed by atoms with Crippen molar-refractivity contribution in [2.75, 3.05) is 12.4 Å². The molecule has 2 N–H and O–H groups in total. The highest BCUT2D eigenvalue weighted by molar-refractivity contribution is 7.17. The molecular formula is C23H25NO4S. The van der Waals surface area contributed by atoms with Crippen molar-refractivity contribution in [2.24, 2.45) is 0 Å². The first-order chi connectivity index (χ1) is 14.0. The van der Waals surface area contributed by atoms with Crippen molar-refractivity contribution in [3.05, 3.63) is 58.5 Å². The van der Waals surface area contributed by atoms with Gasteiger partial charge in [-0.25, -0.2) is 4.79 Å². The Bertz CT molecular complexity index is 1020. The van der Waals surface area contributed by atoms with E-state index in [1.165, 1.54) is 0 Å². The first-order valence-electron chi connectivity index (χ1n) is 9.72. The number of ether oxygens (including phenoxy) is 1. The maximum Gasteiger partial charge on any atom is 0.335 e. The van der Waals surface area contributed by atoms with Crippen LogP contribution in [0, 0.1) is 0 Å². The van der Waals surface area contributed by atoms with Crippen LogP contribution in [0.5, 0.6) is 5.75 Å². The number of anilines is 1. The summed E-state index contributed by atoms with van der Waals surface area (Å²) >= 11 is 1.65. The van der Waals surface area contributed by atoms with Crippen LogP contribution in [0.1, 0.15) is 54.1 Å². The van der Waals surface area contributed by atoms with E-state index in [4.69, 9.17) is 4.74 Å². The zero-order chi connectivity index (χ0) is 20.8. The molecule has 3 rings (SSSR count). The smallest absolute Gasteiger partial charge is 0.335 e. The van der Waals surface area contributed by atoms with Gasteiger partial charge in [-0.2, -0.15) is 0 Å². The number of hydrogen-bond acceptors (Lipinski definition) is 4. The fourth-order valence-electron chi connectivity index (χ4n) is 3.28. The topological polar surface area (TPSA) is 75.6 Å². The molecule has 0 fully saturated rings. The Kier molecular flexibility index (Phi) is 6.88. The summed E-state index contributed by atoms with van der Waals surface area (Å²) in [5, 5.41) is 15.4. The van der Waals surface area contributed by atoms with Crippen LogP contribution in [0.2, 0.25) is 0 Å². The molecule has 1 heterocycles. The summed E-state index contributed by atoms with van der Waals surface area (Å²) in [7, 11) is 1.54. The molecule has 0 radical (unpaired) electrons. The average Bonchev–Trinajstić information content (AvgIpc) is 3.10. The van der Waals surface area contributed by atoms with Crippen LogP contribution >= 0.6 is 11.3 Å². The molecule has 2 aromatic carbocycles. The SMILES string of the molecule is CCCCCC(=O)Nc1ccc2scc(Cc3ccc(C(=O)O)cc3OC)c2c1. The Morgan fingerprint density at radius 1 is 1.10 bits per heavy atom. The highest BCUT2D eigenvalue weighted by atomic mass is 32.1. The molecule has 29 heavy (non-hydrogen) atoms. The second-order valence-corrected chi connectivity index (χ2v) is 7.90. The van der Waals surface area contributed by atoms with Crippen LogP contribution in [0.15, 0.2) is 41.8 Å². The second kappa shape index (κ2) is 9.56. The molecule has 0 atom stereocenters. The van der Waals surface area contributed by atoms with Gasteiger partial charge in [-0.1, -0.05) is 25.8 Å². The molecule has 3 aromatic rings. The van der Waals surface area contributed by atoms with Gasteiger partial charge in [-0.3, -0.25) is 4.79 Å². The molecule has 0 saturated carbocycles. The van der Waals surface area contributed by atoms with E-state index in [2.05, 4.69) is 17.6 Å².